The lowest BCUT2D eigenvalue weighted by molar-refractivity contribution is -0.142. The quantitative estimate of drug-likeness (QED) is 0.595. The van der Waals surface area contributed by atoms with Crippen molar-refractivity contribution < 1.29 is 19.1 Å². The van der Waals surface area contributed by atoms with E-state index >= 15 is 0 Å². The molecule has 1 aliphatic rings. The number of hydrogen-bond acceptors (Lipinski definition) is 4. The van der Waals surface area contributed by atoms with E-state index in [1.54, 1.807) is 53.4 Å². The summed E-state index contributed by atoms with van der Waals surface area (Å²) in [6.07, 6.45) is 4.19. The summed E-state index contributed by atoms with van der Waals surface area (Å²) in [7, 11) is 0. The number of halogens is 1. The fourth-order valence-electron chi connectivity index (χ4n) is 2.79. The van der Waals surface area contributed by atoms with Crippen molar-refractivity contribution in [2.45, 2.75) is 12.8 Å². The molecule has 0 aliphatic carbocycles. The second-order valence-electron chi connectivity index (χ2n) is 6.24. The Kier molecular flexibility index (Phi) is 6.45. The fourth-order valence-corrected chi connectivity index (χ4v) is 2.92. The van der Waals surface area contributed by atoms with Gasteiger partial charge in [0.05, 0.1) is 0 Å². The number of hydrogen-bond donors (Lipinski definition) is 1. The number of carbonyl (C=O) groups is 3. The monoisotopic (exact) mass is 398 g/mol. The summed E-state index contributed by atoms with van der Waals surface area (Å²) in [5.41, 5.74) is 2.07. The molecule has 0 spiro atoms. The van der Waals surface area contributed by atoms with Crippen LogP contribution in [0.1, 0.15) is 18.4 Å². The van der Waals surface area contributed by atoms with Gasteiger partial charge in [0.1, 0.15) is 0 Å². The minimum atomic E-state index is -0.624. The number of anilines is 2. The van der Waals surface area contributed by atoms with Gasteiger partial charge in [-0.05, 0) is 48.4 Å². The van der Waals surface area contributed by atoms with Crippen molar-refractivity contribution in [3.63, 3.8) is 0 Å². The van der Waals surface area contributed by atoms with Gasteiger partial charge in [0.2, 0.25) is 5.91 Å². The Morgan fingerprint density at radius 3 is 2.68 bits per heavy atom. The summed E-state index contributed by atoms with van der Waals surface area (Å²) in [4.78, 5) is 37.3. The normalized spacial score (nSPS) is 13.8. The second-order valence-corrected chi connectivity index (χ2v) is 6.68. The van der Waals surface area contributed by atoms with Gasteiger partial charge in [0, 0.05) is 35.4 Å². The zero-order valence-electron chi connectivity index (χ0n) is 15.1. The van der Waals surface area contributed by atoms with Crippen LogP contribution in [-0.4, -0.2) is 30.9 Å². The summed E-state index contributed by atoms with van der Waals surface area (Å²) >= 11 is 5.80. The van der Waals surface area contributed by atoms with Gasteiger partial charge in [-0.25, -0.2) is 4.79 Å². The molecule has 0 radical (unpaired) electrons. The van der Waals surface area contributed by atoms with Gasteiger partial charge in [-0.3, -0.25) is 9.59 Å². The Morgan fingerprint density at radius 1 is 1.18 bits per heavy atom. The van der Waals surface area contributed by atoms with Crippen molar-refractivity contribution in [2.24, 2.45) is 0 Å². The molecule has 0 saturated carbocycles. The predicted octanol–water partition coefficient (Wildman–Crippen LogP) is 3.66. The maximum absolute atomic E-state index is 12.0. The smallest absolute Gasteiger partial charge is 0.331 e. The molecule has 3 rings (SSSR count). The maximum atomic E-state index is 12.0. The minimum absolute atomic E-state index is 0.0740. The van der Waals surface area contributed by atoms with E-state index in [-0.39, 0.29) is 5.91 Å². The topological polar surface area (TPSA) is 75.7 Å². The van der Waals surface area contributed by atoms with E-state index < -0.39 is 18.5 Å². The highest BCUT2D eigenvalue weighted by Gasteiger charge is 2.21. The first-order valence-corrected chi connectivity index (χ1v) is 9.20. The highest BCUT2D eigenvalue weighted by molar-refractivity contribution is 6.30. The third kappa shape index (κ3) is 5.44. The van der Waals surface area contributed by atoms with Gasteiger partial charge in [-0.1, -0.05) is 29.8 Å². The first kappa shape index (κ1) is 19.6. The maximum Gasteiger partial charge on any atom is 0.331 e. The zero-order chi connectivity index (χ0) is 19.9. The number of rotatable bonds is 6. The molecule has 144 valence electrons. The van der Waals surface area contributed by atoms with E-state index in [0.29, 0.717) is 23.7 Å². The Morgan fingerprint density at radius 2 is 1.96 bits per heavy atom. The van der Waals surface area contributed by atoms with E-state index in [2.05, 4.69) is 5.32 Å². The number of nitrogens with zero attached hydrogens (tertiary/aromatic N) is 1. The summed E-state index contributed by atoms with van der Waals surface area (Å²) in [5, 5.41) is 3.27. The highest BCUT2D eigenvalue weighted by Crippen LogP contribution is 2.24. The lowest BCUT2D eigenvalue weighted by atomic mass is 10.2. The molecule has 7 heteroatoms. The first-order chi connectivity index (χ1) is 13.5. The molecule has 2 aromatic rings. The Hall–Kier alpha value is -3.12. The molecule has 1 fully saturated rings. The van der Waals surface area contributed by atoms with Crippen LogP contribution >= 0.6 is 11.6 Å². The van der Waals surface area contributed by atoms with E-state index in [4.69, 9.17) is 16.3 Å². The van der Waals surface area contributed by atoms with Gasteiger partial charge < -0.3 is 15.0 Å². The van der Waals surface area contributed by atoms with Crippen LogP contribution in [0, 0.1) is 0 Å². The Labute approximate surface area is 167 Å². The van der Waals surface area contributed by atoms with Gasteiger partial charge in [-0.2, -0.15) is 0 Å². The number of carbonyl (C=O) groups excluding carboxylic acids is 3. The van der Waals surface area contributed by atoms with Crippen molar-refractivity contribution in [2.75, 3.05) is 23.4 Å². The molecule has 1 heterocycles. The molecule has 0 unspecified atom stereocenters. The van der Waals surface area contributed by atoms with Crippen LogP contribution in [0.5, 0.6) is 0 Å². The van der Waals surface area contributed by atoms with E-state index in [1.807, 2.05) is 6.07 Å². The van der Waals surface area contributed by atoms with Crippen molar-refractivity contribution >= 4 is 46.8 Å². The standard InChI is InChI=1S/C21H19ClN2O4/c22-16-9-6-15(7-10-16)8-11-21(27)28-14-19(25)23-17-3-1-4-18(13-17)24-12-2-5-20(24)26/h1,3-4,6-11,13H,2,5,12,14H2,(H,23,25)/b11-8+. The molecule has 1 saturated heterocycles. The van der Waals surface area contributed by atoms with E-state index in [9.17, 15) is 14.4 Å². The van der Waals surface area contributed by atoms with Crippen LogP contribution in [0.15, 0.2) is 54.6 Å². The molecular formula is C21H19ClN2O4. The number of benzene rings is 2. The lowest BCUT2D eigenvalue weighted by Gasteiger charge is -2.16. The van der Waals surface area contributed by atoms with Gasteiger partial charge in [-0.15, -0.1) is 0 Å². The number of amides is 2. The average Bonchev–Trinajstić information content (AvgIpc) is 3.12. The summed E-state index contributed by atoms with van der Waals surface area (Å²) in [5.74, 6) is -1.01. The lowest BCUT2D eigenvalue weighted by Crippen LogP contribution is -2.24. The number of ether oxygens (including phenoxy) is 1. The molecule has 1 aliphatic heterocycles. The fraction of sp³-hybridized carbons (Fsp3) is 0.190. The molecular weight excluding hydrogens is 380 g/mol. The molecule has 0 atom stereocenters. The third-order valence-electron chi connectivity index (χ3n) is 4.14. The predicted molar refractivity (Wildman–Crippen MR) is 108 cm³/mol. The first-order valence-electron chi connectivity index (χ1n) is 8.82. The van der Waals surface area contributed by atoms with Crippen molar-refractivity contribution in [3.8, 4) is 0 Å². The van der Waals surface area contributed by atoms with Crippen molar-refractivity contribution in [1.29, 1.82) is 0 Å². The van der Waals surface area contributed by atoms with Crippen LogP contribution in [0.4, 0.5) is 11.4 Å². The highest BCUT2D eigenvalue weighted by atomic mass is 35.5. The molecule has 2 aromatic carbocycles. The molecule has 28 heavy (non-hydrogen) atoms. The van der Waals surface area contributed by atoms with Crippen molar-refractivity contribution in [1.82, 2.24) is 0 Å². The molecule has 2 amide bonds. The van der Waals surface area contributed by atoms with Crippen LogP contribution in [0.25, 0.3) is 6.08 Å². The van der Waals surface area contributed by atoms with Crippen LogP contribution in [0.3, 0.4) is 0 Å². The summed E-state index contributed by atoms with van der Waals surface area (Å²) in [6, 6.07) is 14.0. The molecule has 0 aromatic heterocycles. The van der Waals surface area contributed by atoms with Crippen LogP contribution in [-0.2, 0) is 19.1 Å². The van der Waals surface area contributed by atoms with Gasteiger partial charge in [0.25, 0.3) is 5.91 Å². The SMILES string of the molecule is O=C(COC(=O)/C=C/c1ccc(Cl)cc1)Nc1cccc(N2CCCC2=O)c1. The molecule has 1 N–H and O–H groups in total. The van der Waals surface area contributed by atoms with Gasteiger partial charge >= 0.3 is 5.97 Å². The van der Waals surface area contributed by atoms with Crippen molar-refractivity contribution in [3.05, 3.63) is 65.2 Å². The Bertz CT molecular complexity index is 909. The van der Waals surface area contributed by atoms with Crippen LogP contribution in [0.2, 0.25) is 5.02 Å². The number of nitrogens with one attached hydrogen (secondary N) is 1. The number of esters is 1. The van der Waals surface area contributed by atoms with Crippen LogP contribution < -0.4 is 10.2 Å². The zero-order valence-corrected chi connectivity index (χ0v) is 15.8. The third-order valence-corrected chi connectivity index (χ3v) is 4.39. The molecule has 0 bridgehead atoms. The largest absolute Gasteiger partial charge is 0.452 e. The van der Waals surface area contributed by atoms with Gasteiger partial charge in [0.15, 0.2) is 6.61 Å². The second kappa shape index (κ2) is 9.19. The van der Waals surface area contributed by atoms with E-state index in [1.165, 1.54) is 6.08 Å². The summed E-state index contributed by atoms with van der Waals surface area (Å²) in [6.45, 7) is 0.268. The Balaban J connectivity index is 1.49. The minimum Gasteiger partial charge on any atom is -0.452 e. The average molecular weight is 399 g/mol. The molecule has 6 nitrogen and oxygen atoms in total. The van der Waals surface area contributed by atoms with E-state index in [0.717, 1.165) is 17.7 Å². The summed E-state index contributed by atoms with van der Waals surface area (Å²) < 4.78 is 4.94.